The van der Waals surface area contributed by atoms with Crippen LogP contribution in [-0.4, -0.2) is 66.7 Å². The first kappa shape index (κ1) is 16.3. The number of thioether (sulfide) groups is 1. The average molecular weight is 339 g/mol. The fourth-order valence-electron chi connectivity index (χ4n) is 1.60. The van der Waals surface area contributed by atoms with Crippen LogP contribution in [0.4, 0.5) is 0 Å². The van der Waals surface area contributed by atoms with Gasteiger partial charge in [-0.3, -0.25) is 4.99 Å². The second kappa shape index (κ2) is 10.1. The molecule has 0 aliphatic carbocycles. The van der Waals surface area contributed by atoms with Gasteiger partial charge in [0.05, 0.1) is 19.8 Å². The summed E-state index contributed by atoms with van der Waals surface area (Å²) in [6, 6.07) is 0. The number of ether oxygens (including phenoxy) is 2. The first-order valence-electron chi connectivity index (χ1n) is 6.49. The number of rotatable bonds is 9. The highest BCUT2D eigenvalue weighted by atomic mass is 79.9. The number of halogens is 1. The Hall–Kier alpha value is 0.220. The monoisotopic (exact) mass is 338 g/mol. The Labute approximate surface area is 123 Å². The zero-order chi connectivity index (χ0) is 13.2. The molecule has 1 aliphatic heterocycles. The van der Waals surface area contributed by atoms with E-state index in [2.05, 4.69) is 25.8 Å². The predicted molar refractivity (Wildman–Crippen MR) is 82.0 cm³/mol. The molecule has 1 unspecified atom stereocenters. The third-order valence-corrected chi connectivity index (χ3v) is 5.02. The molecule has 1 atom stereocenters. The molecular weight excluding hydrogens is 316 g/mol. The zero-order valence-corrected chi connectivity index (χ0v) is 13.6. The van der Waals surface area contributed by atoms with Gasteiger partial charge in [-0.2, -0.15) is 0 Å². The summed E-state index contributed by atoms with van der Waals surface area (Å²) in [5, 5.41) is 2.70. The van der Waals surface area contributed by atoms with Gasteiger partial charge < -0.3 is 14.4 Å². The molecule has 0 amide bonds. The van der Waals surface area contributed by atoms with Gasteiger partial charge in [-0.25, -0.2) is 0 Å². The standard InChI is InChI=1S/C12H23BrN2O2S/c1-3-16-7-5-15(6-8-17-4-2)12-14-10-11(9-13)18-12/h11H,3-10H2,1-2H3. The molecule has 0 aromatic carbocycles. The SMILES string of the molecule is CCOCCN(CCOCC)C1=NCC(CBr)S1. The van der Waals surface area contributed by atoms with E-state index in [0.717, 1.165) is 56.6 Å². The highest BCUT2D eigenvalue weighted by Gasteiger charge is 2.22. The Morgan fingerprint density at radius 1 is 1.28 bits per heavy atom. The largest absolute Gasteiger partial charge is 0.380 e. The van der Waals surface area contributed by atoms with E-state index in [4.69, 9.17) is 9.47 Å². The lowest BCUT2D eigenvalue weighted by atomic mass is 10.5. The predicted octanol–water partition coefficient (Wildman–Crippen LogP) is 2.23. The van der Waals surface area contributed by atoms with Crippen molar-refractivity contribution in [3.05, 3.63) is 0 Å². The molecule has 0 saturated carbocycles. The molecule has 0 aromatic rings. The fourth-order valence-corrected chi connectivity index (χ4v) is 3.19. The fraction of sp³-hybridized carbons (Fsp3) is 0.917. The Kier molecular flexibility index (Phi) is 9.10. The number of hydrogen-bond acceptors (Lipinski definition) is 5. The van der Waals surface area contributed by atoms with Crippen LogP contribution >= 0.6 is 27.7 Å². The summed E-state index contributed by atoms with van der Waals surface area (Å²) in [5.41, 5.74) is 0. The lowest BCUT2D eigenvalue weighted by Gasteiger charge is -2.24. The van der Waals surface area contributed by atoms with E-state index in [0.29, 0.717) is 5.25 Å². The van der Waals surface area contributed by atoms with Crippen molar-refractivity contribution >= 4 is 32.9 Å². The van der Waals surface area contributed by atoms with E-state index in [1.807, 2.05) is 25.6 Å². The number of hydrogen-bond donors (Lipinski definition) is 0. The number of amidine groups is 1. The molecule has 6 heteroatoms. The molecule has 0 aromatic heterocycles. The average Bonchev–Trinajstić information content (AvgIpc) is 2.86. The first-order valence-corrected chi connectivity index (χ1v) is 8.49. The van der Waals surface area contributed by atoms with Gasteiger partial charge in [0.1, 0.15) is 0 Å². The quantitative estimate of drug-likeness (QED) is 0.477. The maximum atomic E-state index is 5.43. The highest BCUT2D eigenvalue weighted by molar-refractivity contribution is 9.09. The Morgan fingerprint density at radius 2 is 1.89 bits per heavy atom. The minimum Gasteiger partial charge on any atom is -0.380 e. The molecule has 106 valence electrons. The smallest absolute Gasteiger partial charge is 0.159 e. The molecule has 4 nitrogen and oxygen atoms in total. The van der Waals surface area contributed by atoms with Crippen molar-refractivity contribution in [3.63, 3.8) is 0 Å². The molecule has 0 bridgehead atoms. The van der Waals surface area contributed by atoms with Gasteiger partial charge in [0, 0.05) is 36.9 Å². The third-order valence-electron chi connectivity index (χ3n) is 2.56. The van der Waals surface area contributed by atoms with Crippen LogP contribution in [0, 0.1) is 0 Å². The van der Waals surface area contributed by atoms with E-state index in [-0.39, 0.29) is 0 Å². The number of alkyl halides is 1. The second-order valence-electron chi connectivity index (χ2n) is 3.90. The van der Waals surface area contributed by atoms with Crippen LogP contribution in [0.3, 0.4) is 0 Å². The lowest BCUT2D eigenvalue weighted by molar-refractivity contribution is 0.108. The van der Waals surface area contributed by atoms with E-state index < -0.39 is 0 Å². The van der Waals surface area contributed by atoms with Crippen molar-refractivity contribution in [3.8, 4) is 0 Å². The maximum Gasteiger partial charge on any atom is 0.159 e. The first-order chi connectivity index (χ1) is 8.81. The van der Waals surface area contributed by atoms with Crippen LogP contribution in [0.2, 0.25) is 0 Å². The van der Waals surface area contributed by atoms with Gasteiger partial charge in [-0.05, 0) is 13.8 Å². The minimum absolute atomic E-state index is 0.571. The third kappa shape index (κ3) is 5.91. The normalized spacial score (nSPS) is 19.1. The summed E-state index contributed by atoms with van der Waals surface area (Å²) in [5.74, 6) is 0. The van der Waals surface area contributed by atoms with Gasteiger partial charge >= 0.3 is 0 Å². The Bertz CT molecular complexity index is 244. The van der Waals surface area contributed by atoms with Crippen LogP contribution in [0.1, 0.15) is 13.8 Å². The van der Waals surface area contributed by atoms with E-state index in [9.17, 15) is 0 Å². The van der Waals surface area contributed by atoms with Crippen LogP contribution in [0.25, 0.3) is 0 Å². The van der Waals surface area contributed by atoms with Gasteiger partial charge in [0.15, 0.2) is 5.17 Å². The molecule has 1 rings (SSSR count). The van der Waals surface area contributed by atoms with E-state index >= 15 is 0 Å². The molecule has 1 aliphatic rings. The lowest BCUT2D eigenvalue weighted by Crippen LogP contribution is -2.34. The van der Waals surface area contributed by atoms with Gasteiger partial charge in [0.2, 0.25) is 0 Å². The summed E-state index contributed by atoms with van der Waals surface area (Å²) < 4.78 is 10.9. The van der Waals surface area contributed by atoms with Crippen molar-refractivity contribution < 1.29 is 9.47 Å². The van der Waals surface area contributed by atoms with Crippen LogP contribution in [-0.2, 0) is 9.47 Å². The Balaban J connectivity index is 2.38. The van der Waals surface area contributed by atoms with Gasteiger partial charge in [-0.15, -0.1) is 0 Å². The number of nitrogens with zero attached hydrogens (tertiary/aromatic N) is 2. The summed E-state index contributed by atoms with van der Waals surface area (Å²) in [7, 11) is 0. The Morgan fingerprint density at radius 3 is 2.33 bits per heavy atom. The summed E-state index contributed by atoms with van der Waals surface area (Å²) in [6.45, 7) is 9.77. The molecule has 0 radical (unpaired) electrons. The summed E-state index contributed by atoms with van der Waals surface area (Å²) >= 11 is 5.37. The van der Waals surface area contributed by atoms with Crippen LogP contribution in [0.5, 0.6) is 0 Å². The molecule has 1 heterocycles. The molecule has 0 spiro atoms. The molecule has 0 N–H and O–H groups in total. The minimum atomic E-state index is 0.571. The van der Waals surface area contributed by atoms with Crippen LogP contribution in [0.15, 0.2) is 4.99 Å². The molecule has 18 heavy (non-hydrogen) atoms. The highest BCUT2D eigenvalue weighted by Crippen LogP contribution is 2.24. The van der Waals surface area contributed by atoms with E-state index in [1.54, 1.807) is 0 Å². The summed E-state index contributed by atoms with van der Waals surface area (Å²) in [4.78, 5) is 6.89. The molecule has 0 saturated heterocycles. The van der Waals surface area contributed by atoms with Crippen molar-refractivity contribution in [1.29, 1.82) is 0 Å². The van der Waals surface area contributed by atoms with E-state index in [1.165, 1.54) is 0 Å². The van der Waals surface area contributed by atoms with Gasteiger partial charge in [-0.1, -0.05) is 27.7 Å². The van der Waals surface area contributed by atoms with Crippen molar-refractivity contribution in [1.82, 2.24) is 4.90 Å². The van der Waals surface area contributed by atoms with Crippen molar-refractivity contribution in [2.75, 3.05) is 51.4 Å². The maximum absolute atomic E-state index is 5.43. The molecule has 0 fully saturated rings. The zero-order valence-electron chi connectivity index (χ0n) is 11.2. The van der Waals surface area contributed by atoms with Crippen molar-refractivity contribution in [2.45, 2.75) is 19.1 Å². The van der Waals surface area contributed by atoms with Crippen molar-refractivity contribution in [2.24, 2.45) is 4.99 Å². The summed E-state index contributed by atoms with van der Waals surface area (Å²) in [6.07, 6.45) is 0. The van der Waals surface area contributed by atoms with Gasteiger partial charge in [0.25, 0.3) is 0 Å². The number of aliphatic imine (C=N–C) groups is 1. The topological polar surface area (TPSA) is 34.1 Å². The second-order valence-corrected chi connectivity index (χ2v) is 5.81. The van der Waals surface area contributed by atoms with Crippen LogP contribution < -0.4 is 0 Å². The molecular formula is C12H23BrN2O2S.